The topological polar surface area (TPSA) is 61.6 Å². The largest absolute Gasteiger partial charge is 0.441 e. The highest BCUT2D eigenvalue weighted by atomic mass is 35.5. The van der Waals surface area contributed by atoms with Crippen molar-refractivity contribution in [2.24, 2.45) is 5.92 Å². The maximum atomic E-state index is 12.7. The standard InChI is InChI=1S/C26H37ClN4O2/c1-20-24(29-26(33-20)22-7-6-8-23(27)10-9-22)19-31-16-11-21(12-17-31)25(32)28-13-18-30-14-4-2-3-5-15-30/h7-10,21H,2-6,11-19H2,1H3,(H,28,32). The second-order valence-corrected chi connectivity index (χ2v) is 9.87. The molecular weight excluding hydrogens is 436 g/mol. The fraction of sp³-hybridized carbons (Fsp3) is 0.615. The van der Waals surface area contributed by atoms with Gasteiger partial charge in [0.2, 0.25) is 11.8 Å². The Morgan fingerprint density at radius 2 is 1.85 bits per heavy atom. The number of rotatable bonds is 7. The smallest absolute Gasteiger partial charge is 0.226 e. The van der Waals surface area contributed by atoms with E-state index < -0.39 is 0 Å². The molecule has 1 aromatic rings. The number of oxazole rings is 1. The first kappa shape index (κ1) is 24.2. The number of hydrogen-bond acceptors (Lipinski definition) is 5. The predicted molar refractivity (Wildman–Crippen MR) is 133 cm³/mol. The summed E-state index contributed by atoms with van der Waals surface area (Å²) in [6.45, 7) is 8.65. The van der Waals surface area contributed by atoms with Gasteiger partial charge >= 0.3 is 0 Å². The average Bonchev–Trinajstić information content (AvgIpc) is 3.00. The molecule has 0 atom stereocenters. The van der Waals surface area contributed by atoms with Crippen molar-refractivity contribution in [3.63, 3.8) is 0 Å². The Balaban J connectivity index is 1.21. The first-order chi connectivity index (χ1) is 16.1. The van der Waals surface area contributed by atoms with Gasteiger partial charge in [0, 0.05) is 36.2 Å². The monoisotopic (exact) mass is 472 g/mol. The van der Waals surface area contributed by atoms with Crippen LogP contribution in [-0.4, -0.2) is 60.0 Å². The van der Waals surface area contributed by atoms with Gasteiger partial charge in [0.05, 0.1) is 5.69 Å². The highest BCUT2D eigenvalue weighted by Gasteiger charge is 2.26. The molecule has 2 saturated heterocycles. The number of carbonyl (C=O) groups excluding carboxylic acids is 1. The van der Waals surface area contributed by atoms with E-state index in [4.69, 9.17) is 21.0 Å². The van der Waals surface area contributed by atoms with Crippen molar-refractivity contribution in [3.8, 4) is 0 Å². The number of halogens is 1. The summed E-state index contributed by atoms with van der Waals surface area (Å²) in [7, 11) is 0. The summed E-state index contributed by atoms with van der Waals surface area (Å²) in [5, 5.41) is 3.92. The van der Waals surface area contributed by atoms with Crippen molar-refractivity contribution < 1.29 is 9.21 Å². The van der Waals surface area contributed by atoms with E-state index in [-0.39, 0.29) is 11.8 Å². The summed E-state index contributed by atoms with van der Waals surface area (Å²) in [6.07, 6.45) is 15.7. The van der Waals surface area contributed by atoms with E-state index in [9.17, 15) is 4.79 Å². The van der Waals surface area contributed by atoms with Crippen LogP contribution < -0.4 is 5.32 Å². The zero-order chi connectivity index (χ0) is 23.0. The molecule has 1 aromatic heterocycles. The normalized spacial score (nSPS) is 21.3. The maximum Gasteiger partial charge on any atom is 0.226 e. The van der Waals surface area contributed by atoms with Crippen molar-refractivity contribution in [1.82, 2.24) is 20.1 Å². The fourth-order valence-corrected chi connectivity index (χ4v) is 5.02. The van der Waals surface area contributed by atoms with Gasteiger partial charge in [-0.15, -0.1) is 0 Å². The van der Waals surface area contributed by atoms with Gasteiger partial charge in [-0.2, -0.15) is 0 Å². The quantitative estimate of drug-likeness (QED) is 0.625. The van der Waals surface area contributed by atoms with Crippen molar-refractivity contribution in [2.45, 2.75) is 58.4 Å². The number of aromatic nitrogens is 1. The van der Waals surface area contributed by atoms with Crippen LogP contribution in [0, 0.1) is 12.8 Å². The van der Waals surface area contributed by atoms with Gasteiger partial charge in [-0.25, -0.2) is 4.98 Å². The summed E-state index contributed by atoms with van der Waals surface area (Å²) in [4.78, 5) is 22.3. The lowest BCUT2D eigenvalue weighted by molar-refractivity contribution is -0.126. The van der Waals surface area contributed by atoms with Gasteiger partial charge in [-0.1, -0.05) is 36.6 Å². The van der Waals surface area contributed by atoms with Gasteiger partial charge in [0.25, 0.3) is 0 Å². The minimum absolute atomic E-state index is 0.123. The van der Waals surface area contributed by atoms with Crippen LogP contribution >= 0.6 is 11.6 Å². The molecule has 3 aliphatic rings. The van der Waals surface area contributed by atoms with Gasteiger partial charge in [0.15, 0.2) is 0 Å². The van der Waals surface area contributed by atoms with Crippen LogP contribution in [0.15, 0.2) is 33.8 Å². The summed E-state index contributed by atoms with van der Waals surface area (Å²) in [5.41, 5.74) is 1.94. The van der Waals surface area contributed by atoms with E-state index in [1.807, 2.05) is 25.2 Å². The fourth-order valence-electron chi connectivity index (χ4n) is 4.87. The van der Waals surface area contributed by atoms with Crippen molar-refractivity contribution in [2.75, 3.05) is 39.3 Å². The minimum atomic E-state index is 0.123. The molecule has 6 nitrogen and oxygen atoms in total. The van der Waals surface area contributed by atoms with E-state index in [0.717, 1.165) is 74.0 Å². The Morgan fingerprint density at radius 3 is 2.61 bits per heavy atom. The van der Waals surface area contributed by atoms with E-state index in [2.05, 4.69) is 21.2 Å². The molecule has 1 N–H and O–H groups in total. The number of amides is 1. The lowest BCUT2D eigenvalue weighted by Crippen LogP contribution is -2.42. The summed E-state index contributed by atoms with van der Waals surface area (Å²) >= 11 is 6.10. The molecule has 180 valence electrons. The molecule has 1 amide bonds. The summed E-state index contributed by atoms with van der Waals surface area (Å²) < 4.78 is 5.96. The molecule has 4 rings (SSSR count). The van der Waals surface area contributed by atoms with E-state index in [1.54, 1.807) is 0 Å². The Hall–Kier alpha value is -1.89. The van der Waals surface area contributed by atoms with Crippen LogP contribution in [0.1, 0.15) is 62.3 Å². The zero-order valence-electron chi connectivity index (χ0n) is 19.8. The zero-order valence-corrected chi connectivity index (χ0v) is 20.6. The van der Waals surface area contributed by atoms with E-state index >= 15 is 0 Å². The Bertz CT molecular complexity index is 888. The summed E-state index contributed by atoms with van der Waals surface area (Å²) in [6, 6.07) is 0. The van der Waals surface area contributed by atoms with Crippen molar-refractivity contribution in [1.29, 1.82) is 0 Å². The number of likely N-dealkylation sites (tertiary alicyclic amines) is 2. The minimum Gasteiger partial charge on any atom is -0.441 e. The molecular formula is C26H37ClN4O2. The molecule has 0 radical (unpaired) electrons. The summed E-state index contributed by atoms with van der Waals surface area (Å²) in [5.74, 6) is 1.86. The number of nitrogens with one attached hydrogen (secondary N) is 1. The highest BCUT2D eigenvalue weighted by molar-refractivity contribution is 6.31. The van der Waals surface area contributed by atoms with Crippen molar-refractivity contribution in [3.05, 3.63) is 46.7 Å². The molecule has 3 heterocycles. The van der Waals surface area contributed by atoms with Gasteiger partial charge in [0.1, 0.15) is 5.76 Å². The number of nitrogens with zero attached hydrogens (tertiary/aromatic N) is 3. The number of carbonyl (C=O) groups is 1. The number of allylic oxidation sites excluding steroid dienone is 6. The SMILES string of the molecule is Cc1oc(C2=CCC=C(Cl)C=C2)nc1CN1CCC(C(=O)NCCN2CCCCCC2)CC1. The molecule has 0 saturated carbocycles. The first-order valence-corrected chi connectivity index (χ1v) is 12.9. The molecule has 0 bridgehead atoms. The predicted octanol–water partition coefficient (Wildman–Crippen LogP) is 4.65. The molecule has 0 aromatic carbocycles. The molecule has 0 spiro atoms. The van der Waals surface area contributed by atoms with E-state index in [0.29, 0.717) is 5.89 Å². The molecule has 1 aliphatic carbocycles. The Labute approximate surface area is 202 Å². The Kier molecular flexibility index (Phi) is 8.82. The third kappa shape index (κ3) is 7.05. The van der Waals surface area contributed by atoms with Crippen LogP contribution in [0.4, 0.5) is 0 Å². The Morgan fingerprint density at radius 1 is 1.09 bits per heavy atom. The van der Waals surface area contributed by atoms with Crippen LogP contribution in [0.2, 0.25) is 0 Å². The second-order valence-electron chi connectivity index (χ2n) is 9.44. The van der Waals surface area contributed by atoms with Crippen LogP contribution in [0.25, 0.3) is 5.57 Å². The second kappa shape index (κ2) is 12.0. The third-order valence-electron chi connectivity index (χ3n) is 6.97. The number of hydrogen-bond donors (Lipinski definition) is 1. The lowest BCUT2D eigenvalue weighted by atomic mass is 9.96. The van der Waals surface area contributed by atoms with Crippen LogP contribution in [0.3, 0.4) is 0 Å². The van der Waals surface area contributed by atoms with Crippen LogP contribution in [-0.2, 0) is 11.3 Å². The van der Waals surface area contributed by atoms with Gasteiger partial charge in [-0.05, 0) is 77.4 Å². The first-order valence-electron chi connectivity index (χ1n) is 12.5. The molecule has 7 heteroatoms. The van der Waals surface area contributed by atoms with E-state index in [1.165, 1.54) is 38.8 Å². The average molecular weight is 473 g/mol. The van der Waals surface area contributed by atoms with Gasteiger partial charge < -0.3 is 14.6 Å². The maximum absolute atomic E-state index is 12.7. The van der Waals surface area contributed by atoms with Crippen molar-refractivity contribution >= 4 is 23.1 Å². The highest BCUT2D eigenvalue weighted by Crippen LogP contribution is 2.25. The number of aryl methyl sites for hydroxylation is 1. The number of piperidine rings is 1. The molecule has 2 aliphatic heterocycles. The third-order valence-corrected chi connectivity index (χ3v) is 7.25. The van der Waals surface area contributed by atoms with Crippen LogP contribution in [0.5, 0.6) is 0 Å². The molecule has 33 heavy (non-hydrogen) atoms. The van der Waals surface area contributed by atoms with Gasteiger partial charge in [-0.3, -0.25) is 9.69 Å². The molecule has 2 fully saturated rings. The molecule has 0 unspecified atom stereocenters. The lowest BCUT2D eigenvalue weighted by Gasteiger charge is -2.31.